The minimum Gasteiger partial charge on any atom is -0.396 e. The Balaban J connectivity index is 0.000000280. The fourth-order valence-electron chi connectivity index (χ4n) is 1.18. The normalized spacial score (nSPS) is 8.60. The fourth-order valence-corrected chi connectivity index (χ4v) is 1.18. The van der Waals surface area contributed by atoms with Crippen molar-refractivity contribution in [2.45, 2.75) is 12.8 Å². The van der Waals surface area contributed by atoms with Gasteiger partial charge in [-0.3, -0.25) is 0 Å². The van der Waals surface area contributed by atoms with Crippen molar-refractivity contribution in [1.82, 2.24) is 0 Å². The van der Waals surface area contributed by atoms with Crippen molar-refractivity contribution in [1.29, 1.82) is 0 Å². The van der Waals surface area contributed by atoms with E-state index in [0.29, 0.717) is 6.61 Å². The quantitative estimate of drug-likeness (QED) is 0.650. The van der Waals surface area contributed by atoms with Crippen LogP contribution < -0.4 is 0 Å². The summed E-state index contributed by atoms with van der Waals surface area (Å²) in [4.78, 5) is 0. The molecule has 0 spiro atoms. The zero-order chi connectivity index (χ0) is 10.1. The molecule has 0 aliphatic rings. The van der Waals surface area contributed by atoms with Crippen LogP contribution in [0.15, 0.2) is 54.6 Å². The zero-order valence-electron chi connectivity index (χ0n) is 8.62. The molecule has 0 saturated carbocycles. The third-order valence-corrected chi connectivity index (χ3v) is 1.91. The molecule has 0 fully saturated rings. The molecule has 0 radical (unpaired) electrons. The molecule has 0 saturated heterocycles. The molecule has 0 amide bonds. The van der Waals surface area contributed by atoms with Crippen molar-refractivity contribution >= 4 is 0 Å². The van der Waals surface area contributed by atoms with E-state index < -0.39 is 0 Å². The third kappa shape index (κ3) is 7.15. The van der Waals surface area contributed by atoms with Gasteiger partial charge >= 0.3 is 17.1 Å². The van der Waals surface area contributed by atoms with Gasteiger partial charge in [-0.25, -0.2) is 24.3 Å². The minimum atomic E-state index is 0. The van der Waals surface area contributed by atoms with E-state index in [-0.39, 0.29) is 17.1 Å². The SMILES string of the molecule is OCCCc1ccc[cH-]1.[Fe+2].c1cc[cH-]c1. The largest absolute Gasteiger partial charge is 2.00 e. The Kier molecular flexibility index (Phi) is 9.19. The average molecular weight is 244 g/mol. The van der Waals surface area contributed by atoms with Crippen molar-refractivity contribution in [3.63, 3.8) is 0 Å². The summed E-state index contributed by atoms with van der Waals surface area (Å²) in [6.07, 6.45) is 1.88. The summed E-state index contributed by atoms with van der Waals surface area (Å²) >= 11 is 0. The molecule has 0 aliphatic carbocycles. The molecule has 2 aromatic carbocycles. The van der Waals surface area contributed by atoms with E-state index in [1.807, 2.05) is 42.5 Å². The van der Waals surface area contributed by atoms with Crippen molar-refractivity contribution in [3.05, 3.63) is 60.2 Å². The zero-order valence-corrected chi connectivity index (χ0v) is 9.72. The summed E-state index contributed by atoms with van der Waals surface area (Å²) in [5, 5.41) is 8.47. The van der Waals surface area contributed by atoms with Crippen LogP contribution in [0.25, 0.3) is 0 Å². The second kappa shape index (κ2) is 9.72. The molecule has 82 valence electrons. The maximum atomic E-state index is 8.47. The van der Waals surface area contributed by atoms with Crippen LogP contribution in [0.1, 0.15) is 12.0 Å². The molecule has 0 unspecified atom stereocenters. The third-order valence-electron chi connectivity index (χ3n) is 1.91. The van der Waals surface area contributed by atoms with E-state index in [4.69, 9.17) is 5.11 Å². The van der Waals surface area contributed by atoms with Gasteiger partial charge in [-0.1, -0.05) is 0 Å². The maximum Gasteiger partial charge on any atom is 2.00 e. The van der Waals surface area contributed by atoms with Gasteiger partial charge in [-0.2, -0.15) is 35.9 Å². The number of aryl methyl sites for hydroxylation is 1. The first-order valence-electron chi connectivity index (χ1n) is 4.91. The van der Waals surface area contributed by atoms with Crippen molar-refractivity contribution in [3.8, 4) is 0 Å². The van der Waals surface area contributed by atoms with Crippen molar-refractivity contribution < 1.29 is 22.2 Å². The second-order valence-electron chi connectivity index (χ2n) is 3.08. The monoisotopic (exact) mass is 244 g/mol. The van der Waals surface area contributed by atoms with Crippen molar-refractivity contribution in [2.24, 2.45) is 0 Å². The van der Waals surface area contributed by atoms with Crippen LogP contribution in [-0.4, -0.2) is 11.7 Å². The summed E-state index contributed by atoms with van der Waals surface area (Å²) in [7, 11) is 0. The van der Waals surface area contributed by atoms with Gasteiger partial charge < -0.3 is 5.11 Å². The molecule has 0 aromatic heterocycles. The van der Waals surface area contributed by atoms with Gasteiger partial charge in [0.2, 0.25) is 0 Å². The average Bonchev–Trinajstić information content (AvgIpc) is 2.90. The van der Waals surface area contributed by atoms with E-state index in [2.05, 4.69) is 12.1 Å². The summed E-state index contributed by atoms with van der Waals surface area (Å²) in [6, 6.07) is 18.2. The Morgan fingerprint density at radius 2 is 1.80 bits per heavy atom. The molecular formula is C13H16FeO. The first-order valence-corrected chi connectivity index (χ1v) is 4.91. The molecule has 1 N–H and O–H groups in total. The van der Waals surface area contributed by atoms with E-state index in [1.165, 1.54) is 5.56 Å². The number of hydrogen-bond donors (Lipinski definition) is 1. The molecular weight excluding hydrogens is 228 g/mol. The van der Waals surface area contributed by atoms with Gasteiger partial charge in [-0.05, 0) is 12.8 Å². The molecule has 0 atom stereocenters. The summed E-state index contributed by atoms with van der Waals surface area (Å²) in [5.74, 6) is 0. The van der Waals surface area contributed by atoms with E-state index in [1.54, 1.807) is 0 Å². The number of rotatable bonds is 3. The van der Waals surface area contributed by atoms with Crippen LogP contribution in [0, 0.1) is 0 Å². The molecule has 1 nitrogen and oxygen atoms in total. The number of hydrogen-bond acceptors (Lipinski definition) is 1. The number of aliphatic hydroxyl groups excluding tert-OH is 1. The van der Waals surface area contributed by atoms with Crippen LogP contribution >= 0.6 is 0 Å². The van der Waals surface area contributed by atoms with Crippen molar-refractivity contribution in [2.75, 3.05) is 6.61 Å². The predicted octanol–water partition coefficient (Wildman–Crippen LogP) is 2.73. The standard InChI is InChI=1S/C8H11O.C5H5.Fe/c9-7-3-6-8-4-1-2-5-8;1-2-4-5-3-1;/h1-2,4-5,9H,3,6-7H2;1-5H;/q2*-1;+2. The molecule has 15 heavy (non-hydrogen) atoms. The van der Waals surface area contributed by atoms with Crippen LogP contribution in [0.5, 0.6) is 0 Å². The van der Waals surface area contributed by atoms with Gasteiger partial charge in [0.15, 0.2) is 0 Å². The number of aliphatic hydroxyl groups is 1. The maximum absolute atomic E-state index is 8.47. The van der Waals surface area contributed by atoms with E-state index in [0.717, 1.165) is 12.8 Å². The summed E-state index contributed by atoms with van der Waals surface area (Å²) < 4.78 is 0. The van der Waals surface area contributed by atoms with Crippen LogP contribution in [0.4, 0.5) is 0 Å². The Morgan fingerprint density at radius 3 is 2.20 bits per heavy atom. The van der Waals surface area contributed by atoms with Gasteiger partial charge in [0, 0.05) is 6.61 Å². The van der Waals surface area contributed by atoms with Crippen LogP contribution in [0.3, 0.4) is 0 Å². The van der Waals surface area contributed by atoms with E-state index >= 15 is 0 Å². The fraction of sp³-hybridized carbons (Fsp3) is 0.231. The first kappa shape index (κ1) is 14.2. The Morgan fingerprint density at radius 1 is 1.07 bits per heavy atom. The summed E-state index contributed by atoms with van der Waals surface area (Å²) in [6.45, 7) is 0.297. The molecule has 0 heterocycles. The van der Waals surface area contributed by atoms with Gasteiger partial charge in [0.05, 0.1) is 0 Å². The molecule has 2 rings (SSSR count). The topological polar surface area (TPSA) is 20.2 Å². The van der Waals surface area contributed by atoms with Gasteiger partial charge in [-0.15, -0.1) is 0 Å². The first-order chi connectivity index (χ1) is 6.93. The predicted molar refractivity (Wildman–Crippen MR) is 59.5 cm³/mol. The van der Waals surface area contributed by atoms with E-state index in [9.17, 15) is 0 Å². The second-order valence-corrected chi connectivity index (χ2v) is 3.08. The summed E-state index contributed by atoms with van der Waals surface area (Å²) in [5.41, 5.74) is 1.32. The Hall–Kier alpha value is -0.821. The Bertz CT molecular complexity index is 267. The van der Waals surface area contributed by atoms with Crippen LogP contribution in [0.2, 0.25) is 0 Å². The minimum absolute atomic E-state index is 0. The molecule has 0 aliphatic heterocycles. The molecule has 2 aromatic rings. The molecule has 2 heteroatoms. The van der Waals surface area contributed by atoms with Gasteiger partial charge in [0.25, 0.3) is 0 Å². The molecule has 0 bridgehead atoms. The van der Waals surface area contributed by atoms with Crippen LogP contribution in [-0.2, 0) is 23.5 Å². The van der Waals surface area contributed by atoms with Gasteiger partial charge in [0.1, 0.15) is 0 Å². The smallest absolute Gasteiger partial charge is 0.396 e. The Labute approximate surface area is 102 Å².